The van der Waals surface area contributed by atoms with E-state index in [0.29, 0.717) is 38.5 Å². The summed E-state index contributed by atoms with van der Waals surface area (Å²) in [4.78, 5) is 11.4. The van der Waals surface area contributed by atoms with Crippen molar-refractivity contribution in [1.29, 1.82) is 0 Å². The molecule has 1 heterocycles. The third kappa shape index (κ3) is 6.95. The molecule has 12 heteroatoms. The number of aliphatic hydroxyl groups is 7. The Morgan fingerprint density at radius 3 is 2.29 bits per heavy atom. The van der Waals surface area contributed by atoms with Gasteiger partial charge in [0.25, 0.3) is 0 Å². The largest absolute Gasteiger partial charge is 1.00 e. The van der Waals surface area contributed by atoms with Gasteiger partial charge in [-0.2, -0.15) is 0 Å². The minimum Gasteiger partial charge on any atom is -0.547 e. The quantitative estimate of drug-likeness (QED) is 0.105. The van der Waals surface area contributed by atoms with Crippen LogP contribution in [0.2, 0.25) is 0 Å². The third-order valence-corrected chi connectivity index (χ3v) is 13.0. The maximum Gasteiger partial charge on any atom is 1.00 e. The summed E-state index contributed by atoms with van der Waals surface area (Å²) in [6, 6.07) is 0. The minimum absolute atomic E-state index is 0. The molecule has 45 heavy (non-hydrogen) atoms. The summed E-state index contributed by atoms with van der Waals surface area (Å²) in [6.45, 7) is 9.98. The second-order valence-corrected chi connectivity index (χ2v) is 16.2. The van der Waals surface area contributed by atoms with Gasteiger partial charge in [0.15, 0.2) is 6.29 Å². The van der Waals surface area contributed by atoms with Crippen molar-refractivity contribution >= 4 is 5.97 Å². The van der Waals surface area contributed by atoms with Gasteiger partial charge in [0, 0.05) is 6.42 Å². The Morgan fingerprint density at radius 1 is 1.00 bits per heavy atom. The fourth-order valence-corrected chi connectivity index (χ4v) is 10.8. The molecule has 4 saturated carbocycles. The fraction of sp³-hybridized carbons (Fsp3) is 0.970. The first kappa shape index (κ1) is 37.9. The van der Waals surface area contributed by atoms with Crippen molar-refractivity contribution in [3.8, 4) is 0 Å². The van der Waals surface area contributed by atoms with Gasteiger partial charge in [-0.05, 0) is 112 Å². The molecule has 0 aromatic heterocycles. The molecule has 0 aromatic rings. The first-order chi connectivity index (χ1) is 20.4. The van der Waals surface area contributed by atoms with Crippen LogP contribution in [0.4, 0.5) is 0 Å². The Balaban J connectivity index is 0.00000461. The van der Waals surface area contributed by atoms with E-state index in [1.807, 2.05) is 0 Å². The predicted octanol–water partition coefficient (Wildman–Crippen LogP) is -2.92. The molecule has 5 aliphatic rings. The number of ether oxygens (including phenoxy) is 2. The van der Waals surface area contributed by atoms with Crippen LogP contribution < -0.4 is 34.7 Å². The zero-order valence-electron chi connectivity index (χ0n) is 27.8. The summed E-state index contributed by atoms with van der Waals surface area (Å²) in [5, 5.41) is 86.5. The monoisotopic (exact) mass is 650 g/mol. The van der Waals surface area contributed by atoms with E-state index in [9.17, 15) is 45.6 Å². The summed E-state index contributed by atoms with van der Waals surface area (Å²) in [5.74, 6) is -0.986. The maximum absolute atomic E-state index is 11.9. The number of fused-ring (bicyclic) bond motifs is 5. The minimum atomic E-state index is -1.84. The molecule has 254 valence electrons. The number of hydrogen-bond acceptors (Lipinski definition) is 11. The van der Waals surface area contributed by atoms with E-state index >= 15 is 0 Å². The third-order valence-electron chi connectivity index (χ3n) is 13.0. The Kier molecular flexibility index (Phi) is 11.6. The average Bonchev–Trinajstić information content (AvgIpc) is 3.27. The van der Waals surface area contributed by atoms with Crippen LogP contribution in [0.1, 0.15) is 92.4 Å². The van der Waals surface area contributed by atoms with Gasteiger partial charge in [0.1, 0.15) is 24.4 Å². The maximum atomic E-state index is 11.9. The second-order valence-electron chi connectivity index (χ2n) is 16.2. The second kappa shape index (κ2) is 13.8. The van der Waals surface area contributed by atoms with Crippen LogP contribution in [0.15, 0.2) is 0 Å². The molecule has 1 aliphatic heterocycles. The standard InChI is InChI=1S/C33H56O11.Na/c1-15(10-17(34)14-31(2,3)42)19-6-7-20-24-21(13-23(36)33(19,20)5)32(4)9-8-18(11-16(32)12-22(24)35)43-30-27(39)25(37)26(38)28(44-30)29(40)41;/h15-28,30,34-39,42H,6-14H2,1-5H3,(H,40,41);/q;+1/p-1/t15-,16+,17-,18-,19-,20+,21+,22-,23+,24+,25?,26+,27-,28+,30-,32+,33-;/m1./s1. The zero-order valence-corrected chi connectivity index (χ0v) is 29.8. The molecule has 0 aromatic carbocycles. The fourth-order valence-electron chi connectivity index (χ4n) is 10.8. The molecule has 0 spiro atoms. The smallest absolute Gasteiger partial charge is 0.547 e. The first-order valence-electron chi connectivity index (χ1n) is 16.7. The van der Waals surface area contributed by atoms with Crippen LogP contribution in [0.25, 0.3) is 0 Å². The van der Waals surface area contributed by atoms with Crippen LogP contribution >= 0.6 is 0 Å². The average molecular weight is 651 g/mol. The van der Waals surface area contributed by atoms with Crippen molar-refractivity contribution in [3.05, 3.63) is 0 Å². The van der Waals surface area contributed by atoms with Crippen molar-refractivity contribution in [3.63, 3.8) is 0 Å². The number of aliphatic hydroxyl groups excluding tert-OH is 6. The van der Waals surface area contributed by atoms with Gasteiger partial charge in [0.2, 0.25) is 0 Å². The summed E-state index contributed by atoms with van der Waals surface area (Å²) >= 11 is 0. The molecule has 7 N–H and O–H groups in total. The van der Waals surface area contributed by atoms with Gasteiger partial charge in [-0.15, -0.1) is 0 Å². The normalized spacial score (nSPS) is 49.6. The van der Waals surface area contributed by atoms with E-state index < -0.39 is 66.7 Å². The molecule has 5 fully saturated rings. The van der Waals surface area contributed by atoms with Crippen molar-refractivity contribution in [2.24, 2.45) is 46.3 Å². The summed E-state index contributed by atoms with van der Waals surface area (Å²) < 4.78 is 11.3. The van der Waals surface area contributed by atoms with Gasteiger partial charge in [-0.3, -0.25) is 0 Å². The number of carbonyl (C=O) groups is 1. The molecule has 11 nitrogen and oxygen atoms in total. The molecular formula is C33H55NaO11. The van der Waals surface area contributed by atoms with Crippen molar-refractivity contribution in [2.75, 3.05) is 0 Å². The van der Waals surface area contributed by atoms with E-state index in [1.165, 1.54) is 0 Å². The van der Waals surface area contributed by atoms with E-state index in [1.54, 1.807) is 13.8 Å². The SMILES string of the molecule is C[C@H](C[C@@H](O)CC(C)(C)O)[C@H]1CC[C@H]2[C@@H]3[C@H](O)C[C@@H]4C[C@H](O[C@@H]5O[C@H](C(=O)[O-])[C@@H](O)C(O)[C@H]5O)CC[C@]4(C)[C@H]3C[C@H](O)[C@]12C.[Na+]. The van der Waals surface area contributed by atoms with Crippen LogP contribution in [-0.2, 0) is 14.3 Å². The molecular weight excluding hydrogens is 595 g/mol. The Hall–Kier alpha value is 0.110. The van der Waals surface area contributed by atoms with Crippen molar-refractivity contribution < 1.29 is 84.7 Å². The molecule has 1 unspecified atom stereocenters. The molecule has 0 amide bonds. The number of hydrogen-bond donors (Lipinski definition) is 7. The van der Waals surface area contributed by atoms with Gasteiger partial charge in [0.05, 0.1) is 36.0 Å². The van der Waals surface area contributed by atoms with E-state index in [4.69, 9.17) is 9.47 Å². The predicted molar refractivity (Wildman–Crippen MR) is 155 cm³/mol. The van der Waals surface area contributed by atoms with Gasteiger partial charge < -0.3 is 55.1 Å². The van der Waals surface area contributed by atoms with Crippen LogP contribution in [-0.4, -0.2) is 102 Å². The van der Waals surface area contributed by atoms with Crippen LogP contribution in [0.5, 0.6) is 0 Å². The van der Waals surface area contributed by atoms with Gasteiger partial charge >= 0.3 is 29.6 Å². The Morgan fingerprint density at radius 2 is 1.67 bits per heavy atom. The Bertz CT molecular complexity index is 1040. The van der Waals surface area contributed by atoms with Gasteiger partial charge in [-0.1, -0.05) is 20.8 Å². The summed E-state index contributed by atoms with van der Waals surface area (Å²) in [5.41, 5.74) is -1.49. The topological polar surface area (TPSA) is 200 Å². The number of carbonyl (C=O) groups excluding carboxylic acids is 1. The van der Waals surface area contributed by atoms with Gasteiger partial charge in [-0.25, -0.2) is 0 Å². The van der Waals surface area contributed by atoms with E-state index in [0.717, 1.165) is 19.3 Å². The summed E-state index contributed by atoms with van der Waals surface area (Å²) in [7, 11) is 0. The van der Waals surface area contributed by atoms with E-state index in [-0.39, 0.29) is 75.9 Å². The molecule has 17 atom stereocenters. The number of carboxylic acids is 1. The number of rotatable bonds is 8. The molecule has 5 rings (SSSR count). The van der Waals surface area contributed by atoms with E-state index in [2.05, 4.69) is 20.8 Å². The Labute approximate surface area is 289 Å². The molecule has 1 saturated heterocycles. The zero-order chi connectivity index (χ0) is 32.5. The first-order valence-corrected chi connectivity index (χ1v) is 16.7. The molecule has 0 bridgehead atoms. The molecule has 0 radical (unpaired) electrons. The van der Waals surface area contributed by atoms with Crippen LogP contribution in [0.3, 0.4) is 0 Å². The number of aliphatic carboxylic acids is 1. The van der Waals surface area contributed by atoms with Crippen molar-refractivity contribution in [2.45, 2.75) is 153 Å². The molecule has 4 aliphatic carbocycles. The summed E-state index contributed by atoms with van der Waals surface area (Å²) in [6.07, 6.45) is -4.87. The van der Waals surface area contributed by atoms with Crippen LogP contribution in [0, 0.1) is 46.3 Å². The van der Waals surface area contributed by atoms with Crippen molar-refractivity contribution in [1.82, 2.24) is 0 Å². The number of carboxylic acid groups (broad SMARTS) is 1.